The summed E-state index contributed by atoms with van der Waals surface area (Å²) in [5, 5.41) is 0.234. The molecule has 0 fully saturated rings. The smallest absolute Gasteiger partial charge is 0.197 e. The molecule has 90 valence electrons. The monoisotopic (exact) mass is 278 g/mol. The second-order valence-electron chi connectivity index (χ2n) is 3.72. The number of halogens is 2. The first-order valence-corrected chi connectivity index (χ1v) is 5.84. The first kappa shape index (κ1) is 12.8. The lowest BCUT2D eigenvalue weighted by Crippen LogP contribution is -2.21. The molecule has 2 nitrogen and oxygen atoms in total. The minimum Gasteiger partial charge on any atom is -0.289 e. The van der Waals surface area contributed by atoms with Crippen molar-refractivity contribution in [2.75, 3.05) is 0 Å². The van der Waals surface area contributed by atoms with Crippen molar-refractivity contribution in [2.45, 2.75) is 0 Å². The molecule has 0 unspecified atom stereocenters. The summed E-state index contributed by atoms with van der Waals surface area (Å²) >= 11 is 11.8. The molecule has 0 spiro atoms. The molecule has 0 bridgehead atoms. The molecule has 1 aromatic carbocycles. The van der Waals surface area contributed by atoms with Crippen LogP contribution in [0.2, 0.25) is 5.02 Å². The van der Waals surface area contributed by atoms with Gasteiger partial charge < -0.3 is 0 Å². The number of ketones is 2. The van der Waals surface area contributed by atoms with Crippen molar-refractivity contribution in [1.82, 2.24) is 0 Å². The van der Waals surface area contributed by atoms with Crippen molar-refractivity contribution in [3.63, 3.8) is 0 Å². The standard InChI is InChI=1S/C14H8Cl2O2/c1-3-8-11(7(2)15)14(18)12-9(13(8)17)5-4-6-10(12)16/h3-6H,1-2H2. The van der Waals surface area contributed by atoms with Gasteiger partial charge in [-0.1, -0.05) is 54.6 Å². The van der Waals surface area contributed by atoms with Gasteiger partial charge in [-0.2, -0.15) is 0 Å². The summed E-state index contributed by atoms with van der Waals surface area (Å²) in [5.41, 5.74) is 0.669. The molecule has 0 aliphatic heterocycles. The lowest BCUT2D eigenvalue weighted by Gasteiger charge is -2.19. The molecule has 2 rings (SSSR count). The van der Waals surface area contributed by atoms with Crippen molar-refractivity contribution in [2.24, 2.45) is 0 Å². The Morgan fingerprint density at radius 1 is 1.22 bits per heavy atom. The number of carbonyl (C=O) groups is 2. The van der Waals surface area contributed by atoms with Crippen LogP contribution < -0.4 is 0 Å². The van der Waals surface area contributed by atoms with Gasteiger partial charge in [0.15, 0.2) is 11.6 Å². The third-order valence-corrected chi connectivity index (χ3v) is 3.21. The Hall–Kier alpha value is -1.64. The summed E-state index contributed by atoms with van der Waals surface area (Å²) in [6, 6.07) is 4.73. The van der Waals surface area contributed by atoms with E-state index < -0.39 is 5.78 Å². The molecule has 0 radical (unpaired) electrons. The van der Waals surface area contributed by atoms with Crippen LogP contribution in [0, 0.1) is 0 Å². The molecule has 0 heterocycles. The van der Waals surface area contributed by atoms with Gasteiger partial charge in [-0.3, -0.25) is 9.59 Å². The van der Waals surface area contributed by atoms with E-state index in [0.717, 1.165) is 0 Å². The molecule has 0 atom stereocenters. The average molecular weight is 279 g/mol. The molecule has 1 aliphatic carbocycles. The summed E-state index contributed by atoms with van der Waals surface area (Å²) in [5.74, 6) is -0.719. The number of allylic oxidation sites excluding steroid dienone is 4. The first-order valence-electron chi connectivity index (χ1n) is 5.08. The van der Waals surface area contributed by atoms with Gasteiger partial charge in [-0.25, -0.2) is 0 Å². The third kappa shape index (κ3) is 1.74. The van der Waals surface area contributed by atoms with Crippen LogP contribution in [-0.4, -0.2) is 11.6 Å². The molecule has 0 saturated heterocycles. The highest BCUT2D eigenvalue weighted by molar-refractivity contribution is 6.43. The Balaban J connectivity index is 2.83. The molecule has 0 amide bonds. The predicted molar refractivity (Wildman–Crippen MR) is 72.3 cm³/mol. The highest BCUT2D eigenvalue weighted by Gasteiger charge is 2.33. The van der Waals surface area contributed by atoms with Crippen LogP contribution in [0.4, 0.5) is 0 Å². The van der Waals surface area contributed by atoms with Crippen molar-refractivity contribution in [3.8, 4) is 0 Å². The molecular weight excluding hydrogens is 271 g/mol. The van der Waals surface area contributed by atoms with Crippen LogP contribution in [0.1, 0.15) is 20.7 Å². The first-order chi connectivity index (χ1) is 8.49. The Morgan fingerprint density at radius 3 is 2.44 bits per heavy atom. The van der Waals surface area contributed by atoms with E-state index in [1.165, 1.54) is 6.08 Å². The summed E-state index contributed by atoms with van der Waals surface area (Å²) in [4.78, 5) is 24.5. The maximum Gasteiger partial charge on any atom is 0.197 e. The second-order valence-corrected chi connectivity index (χ2v) is 4.58. The molecule has 0 saturated carbocycles. The summed E-state index contributed by atoms with van der Waals surface area (Å²) < 4.78 is 0. The zero-order chi connectivity index (χ0) is 13.4. The zero-order valence-electron chi connectivity index (χ0n) is 9.30. The third-order valence-electron chi connectivity index (χ3n) is 2.70. The molecule has 4 heteroatoms. The number of benzene rings is 1. The fourth-order valence-corrected chi connectivity index (χ4v) is 2.36. The number of fused-ring (bicyclic) bond motifs is 1. The molecular formula is C14H8Cl2O2. The molecule has 1 aromatic rings. The highest BCUT2D eigenvalue weighted by atomic mass is 35.5. The van der Waals surface area contributed by atoms with Gasteiger partial charge in [0.2, 0.25) is 0 Å². The van der Waals surface area contributed by atoms with E-state index in [1.54, 1.807) is 18.2 Å². The van der Waals surface area contributed by atoms with Crippen molar-refractivity contribution in [3.05, 3.63) is 69.8 Å². The normalized spacial score (nSPS) is 14.6. The van der Waals surface area contributed by atoms with Crippen LogP contribution in [0.15, 0.2) is 53.6 Å². The average Bonchev–Trinajstić information content (AvgIpc) is 2.32. The van der Waals surface area contributed by atoms with Gasteiger partial charge in [-0.15, -0.1) is 0 Å². The summed E-state index contributed by atoms with van der Waals surface area (Å²) in [6.07, 6.45) is 1.31. The zero-order valence-corrected chi connectivity index (χ0v) is 10.8. The van der Waals surface area contributed by atoms with Gasteiger partial charge in [0.25, 0.3) is 0 Å². The second kappa shape index (κ2) is 4.56. The Kier molecular flexibility index (Phi) is 3.24. The number of hydrogen-bond acceptors (Lipinski definition) is 2. The van der Waals surface area contributed by atoms with Gasteiger partial charge >= 0.3 is 0 Å². The van der Waals surface area contributed by atoms with Gasteiger partial charge in [0.05, 0.1) is 16.2 Å². The Bertz CT molecular complexity index is 639. The number of Topliss-reactive ketones (excluding diaryl/α,β-unsaturated/α-hetero) is 2. The number of hydrogen-bond donors (Lipinski definition) is 0. The lowest BCUT2D eigenvalue weighted by atomic mass is 9.84. The summed E-state index contributed by atoms with van der Waals surface area (Å²) in [6.45, 7) is 7.04. The van der Waals surface area contributed by atoms with Crippen LogP contribution in [0.25, 0.3) is 0 Å². The van der Waals surface area contributed by atoms with E-state index >= 15 is 0 Å². The van der Waals surface area contributed by atoms with E-state index in [-0.39, 0.29) is 38.1 Å². The topological polar surface area (TPSA) is 34.1 Å². The van der Waals surface area contributed by atoms with Gasteiger partial charge in [0.1, 0.15) is 0 Å². The highest BCUT2D eigenvalue weighted by Crippen LogP contribution is 2.34. The number of carbonyl (C=O) groups excluding carboxylic acids is 2. The largest absolute Gasteiger partial charge is 0.289 e. The fraction of sp³-hybridized carbons (Fsp3) is 0. The van der Waals surface area contributed by atoms with Gasteiger partial charge in [0, 0.05) is 16.2 Å². The minimum absolute atomic E-state index is 0.00817. The maximum atomic E-state index is 12.3. The van der Waals surface area contributed by atoms with Gasteiger partial charge in [-0.05, 0) is 6.07 Å². The molecule has 0 aromatic heterocycles. The van der Waals surface area contributed by atoms with Crippen LogP contribution in [0.5, 0.6) is 0 Å². The van der Waals surface area contributed by atoms with E-state index in [1.807, 2.05) is 0 Å². The van der Waals surface area contributed by atoms with Crippen LogP contribution in [0.3, 0.4) is 0 Å². The lowest BCUT2D eigenvalue weighted by molar-refractivity contribution is 0.0980. The molecule has 18 heavy (non-hydrogen) atoms. The van der Waals surface area contributed by atoms with Crippen LogP contribution in [-0.2, 0) is 0 Å². The minimum atomic E-state index is -0.398. The van der Waals surface area contributed by atoms with E-state index in [0.29, 0.717) is 0 Å². The predicted octanol–water partition coefficient (Wildman–Crippen LogP) is 3.95. The molecule has 0 N–H and O–H groups in total. The van der Waals surface area contributed by atoms with Crippen molar-refractivity contribution in [1.29, 1.82) is 0 Å². The SMILES string of the molecule is C=CC1=C(C(=C)Cl)C(=O)c2c(Cl)cccc2C1=O. The van der Waals surface area contributed by atoms with Crippen molar-refractivity contribution >= 4 is 34.8 Å². The number of rotatable bonds is 2. The Labute approximate surface area is 114 Å². The molecule has 1 aliphatic rings. The van der Waals surface area contributed by atoms with E-state index in [9.17, 15) is 9.59 Å². The van der Waals surface area contributed by atoms with Crippen molar-refractivity contribution < 1.29 is 9.59 Å². The Morgan fingerprint density at radius 2 is 1.89 bits per heavy atom. The quantitative estimate of drug-likeness (QED) is 0.821. The maximum absolute atomic E-state index is 12.3. The van der Waals surface area contributed by atoms with Crippen LogP contribution >= 0.6 is 23.2 Å². The fourth-order valence-electron chi connectivity index (χ4n) is 1.91. The van der Waals surface area contributed by atoms with E-state index in [4.69, 9.17) is 23.2 Å². The van der Waals surface area contributed by atoms with E-state index in [2.05, 4.69) is 13.2 Å². The summed E-state index contributed by atoms with van der Waals surface area (Å²) in [7, 11) is 0.